The summed E-state index contributed by atoms with van der Waals surface area (Å²) in [7, 11) is 0. The monoisotopic (exact) mass is 207 g/mol. The lowest BCUT2D eigenvalue weighted by atomic mass is 10.0. The molecular weight excluding hydrogens is 193 g/mol. The second-order valence-corrected chi connectivity index (χ2v) is 3.93. The summed E-state index contributed by atoms with van der Waals surface area (Å²) in [6.07, 6.45) is -5.01. The van der Waals surface area contributed by atoms with Crippen molar-refractivity contribution in [3.8, 4) is 0 Å². The molecule has 0 bridgehead atoms. The predicted molar refractivity (Wildman–Crippen MR) is 44.3 cm³/mol. The summed E-state index contributed by atoms with van der Waals surface area (Å²) in [4.78, 5) is 1.44. The van der Waals surface area contributed by atoms with Crippen LogP contribution in [-0.4, -0.2) is 75.0 Å². The van der Waals surface area contributed by atoms with Crippen LogP contribution in [-0.2, 0) is 0 Å². The Kier molecular flexibility index (Phi) is 2.48. The Morgan fingerprint density at radius 2 is 1.79 bits per heavy atom. The SMILES string of the molecule is OC[C@@H]1[C@@H](O)[C@H](O)[C@H]2[C@H](O)[C@H](F)CN21. The van der Waals surface area contributed by atoms with Gasteiger partial charge in [0.15, 0.2) is 0 Å². The van der Waals surface area contributed by atoms with Gasteiger partial charge in [-0.05, 0) is 0 Å². The molecule has 0 radical (unpaired) electrons. The van der Waals surface area contributed by atoms with Crippen molar-refractivity contribution in [2.75, 3.05) is 13.2 Å². The van der Waals surface area contributed by atoms with Gasteiger partial charge < -0.3 is 20.4 Å². The Hall–Kier alpha value is -0.270. The molecule has 14 heavy (non-hydrogen) atoms. The highest BCUT2D eigenvalue weighted by Gasteiger charge is 2.56. The summed E-state index contributed by atoms with van der Waals surface area (Å²) >= 11 is 0. The average molecular weight is 207 g/mol. The van der Waals surface area contributed by atoms with Gasteiger partial charge in [-0.1, -0.05) is 0 Å². The molecule has 6 heteroatoms. The van der Waals surface area contributed by atoms with E-state index in [9.17, 15) is 19.7 Å². The van der Waals surface area contributed by atoms with Crippen molar-refractivity contribution in [2.24, 2.45) is 0 Å². The fraction of sp³-hybridized carbons (Fsp3) is 1.00. The van der Waals surface area contributed by atoms with E-state index in [1.54, 1.807) is 0 Å². The van der Waals surface area contributed by atoms with Crippen molar-refractivity contribution in [3.63, 3.8) is 0 Å². The van der Waals surface area contributed by atoms with Crippen molar-refractivity contribution in [1.82, 2.24) is 4.90 Å². The van der Waals surface area contributed by atoms with E-state index in [0.29, 0.717) is 0 Å². The van der Waals surface area contributed by atoms with Crippen molar-refractivity contribution < 1.29 is 24.8 Å². The molecule has 6 atom stereocenters. The standard InChI is InChI=1S/C8H14FNO4/c9-3-1-10-4(2-11)7(13)8(14)5(10)6(3)12/h3-8,11-14H,1-2H2/t3-,4-,5-,6-,7-,8-/m1/s1. The third-order valence-corrected chi connectivity index (χ3v) is 3.20. The molecule has 0 amide bonds. The van der Waals surface area contributed by atoms with Gasteiger partial charge in [0.05, 0.1) is 30.9 Å². The van der Waals surface area contributed by atoms with Gasteiger partial charge >= 0.3 is 0 Å². The van der Waals surface area contributed by atoms with Crippen molar-refractivity contribution >= 4 is 0 Å². The molecule has 2 aliphatic heterocycles. The summed E-state index contributed by atoms with van der Waals surface area (Å²) in [6.45, 7) is -0.403. The lowest BCUT2D eigenvalue weighted by molar-refractivity contribution is -0.0130. The molecule has 2 heterocycles. The van der Waals surface area contributed by atoms with E-state index < -0.39 is 36.6 Å². The number of halogens is 1. The van der Waals surface area contributed by atoms with Crippen molar-refractivity contribution in [1.29, 1.82) is 0 Å². The number of fused-ring (bicyclic) bond motifs is 1. The van der Waals surface area contributed by atoms with Crippen LogP contribution in [0.4, 0.5) is 4.39 Å². The zero-order chi connectivity index (χ0) is 10.5. The minimum Gasteiger partial charge on any atom is -0.395 e. The van der Waals surface area contributed by atoms with Crippen LogP contribution in [0, 0.1) is 0 Å². The maximum Gasteiger partial charge on any atom is 0.140 e. The maximum absolute atomic E-state index is 13.1. The van der Waals surface area contributed by atoms with Crippen LogP contribution in [0.3, 0.4) is 0 Å². The van der Waals surface area contributed by atoms with E-state index >= 15 is 0 Å². The Morgan fingerprint density at radius 3 is 2.36 bits per heavy atom. The first-order valence-electron chi connectivity index (χ1n) is 4.62. The van der Waals surface area contributed by atoms with Gasteiger partial charge in [0.25, 0.3) is 0 Å². The molecule has 5 nitrogen and oxygen atoms in total. The van der Waals surface area contributed by atoms with Crippen LogP contribution in [0.1, 0.15) is 0 Å². The van der Waals surface area contributed by atoms with Gasteiger partial charge in [-0.2, -0.15) is 0 Å². The minimum atomic E-state index is -1.42. The van der Waals surface area contributed by atoms with Gasteiger partial charge in [0, 0.05) is 6.54 Å². The first-order chi connectivity index (χ1) is 6.57. The maximum atomic E-state index is 13.1. The highest BCUT2D eigenvalue weighted by Crippen LogP contribution is 2.34. The van der Waals surface area contributed by atoms with Crippen LogP contribution in [0.15, 0.2) is 0 Å². The Bertz CT molecular complexity index is 229. The number of alkyl halides is 1. The quantitative estimate of drug-likeness (QED) is 0.381. The lowest BCUT2D eigenvalue weighted by Crippen LogP contribution is -2.40. The molecule has 0 aromatic rings. The van der Waals surface area contributed by atoms with E-state index in [4.69, 9.17) is 5.11 Å². The third-order valence-electron chi connectivity index (χ3n) is 3.20. The predicted octanol–water partition coefficient (Wildman–Crippen LogP) is -2.53. The van der Waals surface area contributed by atoms with Crippen LogP contribution < -0.4 is 0 Å². The number of aliphatic hydroxyl groups excluding tert-OH is 4. The number of rotatable bonds is 1. The summed E-state index contributed by atoms with van der Waals surface area (Å²) in [5.41, 5.74) is 0. The van der Waals surface area contributed by atoms with E-state index in [0.717, 1.165) is 0 Å². The number of hydrogen-bond acceptors (Lipinski definition) is 5. The molecule has 0 aromatic carbocycles. The Balaban J connectivity index is 2.21. The molecule has 2 saturated heterocycles. The molecule has 2 rings (SSSR count). The summed E-state index contributed by atoms with van der Waals surface area (Å²) in [5.74, 6) is 0. The molecule has 2 fully saturated rings. The molecule has 82 valence electrons. The van der Waals surface area contributed by atoms with Crippen LogP contribution in [0.25, 0.3) is 0 Å². The Labute approximate surface area is 80.4 Å². The van der Waals surface area contributed by atoms with Crippen LogP contribution in [0.2, 0.25) is 0 Å². The third kappa shape index (κ3) is 1.19. The fourth-order valence-electron chi connectivity index (χ4n) is 2.43. The van der Waals surface area contributed by atoms with Crippen LogP contribution >= 0.6 is 0 Å². The van der Waals surface area contributed by atoms with Crippen molar-refractivity contribution in [2.45, 2.75) is 36.6 Å². The molecule has 2 aliphatic rings. The highest BCUT2D eigenvalue weighted by molar-refractivity contribution is 5.09. The van der Waals surface area contributed by atoms with E-state index in [2.05, 4.69) is 0 Å². The topological polar surface area (TPSA) is 84.2 Å². The van der Waals surface area contributed by atoms with Gasteiger partial charge in [0.2, 0.25) is 0 Å². The summed E-state index contributed by atoms with van der Waals surface area (Å²) in [6, 6.07) is -1.47. The first kappa shape index (κ1) is 10.3. The van der Waals surface area contributed by atoms with Crippen LogP contribution in [0.5, 0.6) is 0 Å². The molecule has 0 spiro atoms. The number of aliphatic hydroxyl groups is 4. The number of hydrogen-bond donors (Lipinski definition) is 4. The smallest absolute Gasteiger partial charge is 0.140 e. The zero-order valence-corrected chi connectivity index (χ0v) is 7.49. The fourth-order valence-corrected chi connectivity index (χ4v) is 2.43. The highest BCUT2D eigenvalue weighted by atomic mass is 19.1. The molecular formula is C8H14FNO4. The lowest BCUT2D eigenvalue weighted by Gasteiger charge is -2.21. The molecule has 4 N–H and O–H groups in total. The average Bonchev–Trinajstić information content (AvgIpc) is 2.54. The molecule has 0 unspecified atom stereocenters. The van der Waals surface area contributed by atoms with Crippen molar-refractivity contribution in [3.05, 3.63) is 0 Å². The second kappa shape index (κ2) is 3.39. The number of nitrogens with zero attached hydrogens (tertiary/aromatic N) is 1. The van der Waals surface area contributed by atoms with Gasteiger partial charge in [-0.15, -0.1) is 0 Å². The van der Waals surface area contributed by atoms with E-state index in [-0.39, 0.29) is 13.2 Å². The van der Waals surface area contributed by atoms with Gasteiger partial charge in [0.1, 0.15) is 12.3 Å². The molecule has 0 saturated carbocycles. The summed E-state index contributed by atoms with van der Waals surface area (Å²) in [5, 5.41) is 37.4. The first-order valence-corrected chi connectivity index (χ1v) is 4.62. The zero-order valence-electron chi connectivity index (χ0n) is 7.49. The normalized spacial score (nSPS) is 53.8. The molecule has 0 aromatic heterocycles. The second-order valence-electron chi connectivity index (χ2n) is 3.93. The van der Waals surface area contributed by atoms with Gasteiger partial charge in [-0.3, -0.25) is 4.90 Å². The van der Waals surface area contributed by atoms with E-state index in [1.165, 1.54) is 4.90 Å². The molecule has 0 aliphatic carbocycles. The Morgan fingerprint density at radius 1 is 1.14 bits per heavy atom. The summed E-state index contributed by atoms with van der Waals surface area (Å²) < 4.78 is 13.1. The van der Waals surface area contributed by atoms with E-state index in [1.807, 2.05) is 0 Å². The van der Waals surface area contributed by atoms with Gasteiger partial charge in [-0.25, -0.2) is 4.39 Å². The largest absolute Gasteiger partial charge is 0.395 e. The minimum absolute atomic E-state index is 0.0504.